The Labute approximate surface area is 166 Å². The van der Waals surface area contributed by atoms with Gasteiger partial charge in [0, 0.05) is 42.0 Å². The zero-order valence-corrected chi connectivity index (χ0v) is 16.9. The first-order valence-corrected chi connectivity index (χ1v) is 11.0. The van der Waals surface area contributed by atoms with Crippen LogP contribution in [0.25, 0.3) is 17.0 Å². The number of benzene rings is 2. The highest BCUT2D eigenvalue weighted by molar-refractivity contribution is 7.58. The van der Waals surface area contributed by atoms with Crippen molar-refractivity contribution >= 4 is 41.9 Å². The minimum atomic E-state index is -3.84. The summed E-state index contributed by atoms with van der Waals surface area (Å²) < 4.78 is 27.6. The molecule has 0 radical (unpaired) electrons. The van der Waals surface area contributed by atoms with E-state index in [9.17, 15) is 18.6 Å². The van der Waals surface area contributed by atoms with Crippen LogP contribution in [0.2, 0.25) is 5.02 Å². The molecule has 0 spiro atoms. The molecule has 1 amide bonds. The molecule has 8 heteroatoms. The van der Waals surface area contributed by atoms with Crippen LogP contribution in [0.3, 0.4) is 0 Å². The van der Waals surface area contributed by atoms with Crippen molar-refractivity contribution in [2.75, 3.05) is 6.66 Å². The van der Waals surface area contributed by atoms with Gasteiger partial charge in [0.2, 0.25) is 13.3 Å². The molecule has 0 fully saturated rings. The molecule has 2 aromatic carbocycles. The van der Waals surface area contributed by atoms with E-state index in [4.69, 9.17) is 11.6 Å². The first kappa shape index (κ1) is 20.3. The number of halogens is 2. The van der Waals surface area contributed by atoms with Crippen LogP contribution in [0.5, 0.6) is 0 Å². The van der Waals surface area contributed by atoms with E-state index in [1.807, 2.05) is 0 Å². The van der Waals surface area contributed by atoms with Crippen molar-refractivity contribution in [2.24, 2.45) is 7.05 Å². The van der Waals surface area contributed by atoms with Gasteiger partial charge in [-0.2, -0.15) is 0 Å². The Balaban J connectivity index is 1.94. The van der Waals surface area contributed by atoms with Crippen LogP contribution in [-0.2, 0) is 16.4 Å². The van der Waals surface area contributed by atoms with Crippen LogP contribution in [0, 0.1) is 5.82 Å². The number of nitrogens with zero attached hydrogens (tertiary/aromatic N) is 1. The van der Waals surface area contributed by atoms with Gasteiger partial charge in [-0.05, 0) is 47.5 Å². The highest BCUT2D eigenvalue weighted by Crippen LogP contribution is 2.54. The molecule has 1 heterocycles. The molecule has 28 heavy (non-hydrogen) atoms. The molecule has 0 aliphatic rings. The molecule has 146 valence electrons. The quantitative estimate of drug-likeness (QED) is 0.588. The minimum Gasteiger partial charge on any atom is -0.350 e. The van der Waals surface area contributed by atoms with Gasteiger partial charge in [0.05, 0.1) is 0 Å². The monoisotopic (exact) mass is 420 g/mol. The van der Waals surface area contributed by atoms with Gasteiger partial charge in [-0.25, -0.2) is 4.39 Å². The van der Waals surface area contributed by atoms with E-state index in [1.54, 1.807) is 48.1 Å². The van der Waals surface area contributed by atoms with Gasteiger partial charge in [0.1, 0.15) is 11.5 Å². The lowest BCUT2D eigenvalue weighted by Gasteiger charge is -2.18. The highest BCUT2D eigenvalue weighted by Gasteiger charge is 2.36. The van der Waals surface area contributed by atoms with Crippen LogP contribution in [0.1, 0.15) is 16.8 Å². The number of hydrogen-bond donors (Lipinski definition) is 2. The lowest BCUT2D eigenvalue weighted by atomic mass is 10.1. The summed E-state index contributed by atoms with van der Waals surface area (Å²) in [5, 5.41) is 3.63. The van der Waals surface area contributed by atoms with Crippen molar-refractivity contribution in [2.45, 2.75) is 5.66 Å². The number of fused-ring (bicyclic) bond motifs is 1. The Hall–Kier alpha value is -2.40. The van der Waals surface area contributed by atoms with E-state index in [0.717, 1.165) is 12.2 Å². The minimum absolute atomic E-state index is 0.396. The van der Waals surface area contributed by atoms with E-state index in [-0.39, 0.29) is 0 Å². The maximum atomic E-state index is 13.2. The number of carbonyl (C=O) groups excluding carboxylic acids is 1. The van der Waals surface area contributed by atoms with Crippen LogP contribution in [0.15, 0.2) is 54.9 Å². The second-order valence-corrected chi connectivity index (χ2v) is 9.44. The fourth-order valence-electron chi connectivity index (χ4n) is 3.14. The van der Waals surface area contributed by atoms with E-state index in [0.29, 0.717) is 21.5 Å². The summed E-state index contributed by atoms with van der Waals surface area (Å²) in [6, 6.07) is 11.0. The maximum Gasteiger partial charge on any atom is 0.241 e. The van der Waals surface area contributed by atoms with Crippen molar-refractivity contribution in [3.05, 3.63) is 76.8 Å². The van der Waals surface area contributed by atoms with Crippen LogP contribution < -0.4 is 5.32 Å². The zero-order chi connectivity index (χ0) is 20.5. The fourth-order valence-corrected chi connectivity index (χ4v) is 4.54. The number of rotatable bonds is 5. The van der Waals surface area contributed by atoms with Gasteiger partial charge in [-0.15, -0.1) is 0 Å². The summed E-state index contributed by atoms with van der Waals surface area (Å²) >= 11 is 6.08. The lowest BCUT2D eigenvalue weighted by Crippen LogP contribution is -2.25. The van der Waals surface area contributed by atoms with Crippen LogP contribution in [0.4, 0.5) is 4.39 Å². The maximum absolute atomic E-state index is 13.2. The Morgan fingerprint density at radius 2 is 2.07 bits per heavy atom. The van der Waals surface area contributed by atoms with Crippen LogP contribution >= 0.6 is 19.0 Å². The predicted molar refractivity (Wildman–Crippen MR) is 110 cm³/mol. The highest BCUT2D eigenvalue weighted by atomic mass is 35.5. The summed E-state index contributed by atoms with van der Waals surface area (Å²) in [6.45, 7) is 1.15. The number of amides is 1. The molecule has 0 saturated carbocycles. The van der Waals surface area contributed by atoms with Crippen molar-refractivity contribution in [1.29, 1.82) is 0 Å². The fraction of sp³-hybridized carbons (Fsp3) is 0.150. The van der Waals surface area contributed by atoms with Gasteiger partial charge in [-0.3, -0.25) is 9.36 Å². The van der Waals surface area contributed by atoms with E-state index >= 15 is 0 Å². The standard InChI is InChI=1S/C20H19ClFN2O3P/c1-24-12-17(16-11-14(21)6-7-18(16)24)19(28(2,26)27)20(25)23-9-8-13-4-3-5-15(22)10-13/h3-12,19H,1-2H3,(H,23,25)(H,26,27)/b9-8+. The number of hydrogen-bond acceptors (Lipinski definition) is 2. The Kier molecular flexibility index (Phi) is 5.75. The number of nitrogens with one attached hydrogen (secondary N) is 1. The van der Waals surface area contributed by atoms with Gasteiger partial charge >= 0.3 is 0 Å². The lowest BCUT2D eigenvalue weighted by molar-refractivity contribution is -0.120. The molecule has 0 saturated heterocycles. The summed E-state index contributed by atoms with van der Waals surface area (Å²) in [7, 11) is -2.05. The SMILES string of the molecule is Cn1cc(C(C(=O)N/C=C/c2cccc(F)c2)P(C)(=O)O)c2cc(Cl)ccc21. The zero-order valence-electron chi connectivity index (χ0n) is 15.3. The van der Waals surface area contributed by atoms with E-state index in [2.05, 4.69) is 5.32 Å². The van der Waals surface area contributed by atoms with Crippen molar-refractivity contribution < 1.29 is 18.6 Å². The average Bonchev–Trinajstić information content (AvgIpc) is 2.89. The Morgan fingerprint density at radius 3 is 2.75 bits per heavy atom. The second-order valence-electron chi connectivity index (χ2n) is 6.60. The van der Waals surface area contributed by atoms with Gasteiger partial charge < -0.3 is 14.8 Å². The molecule has 2 atom stereocenters. The molecule has 3 rings (SSSR count). The summed E-state index contributed by atoms with van der Waals surface area (Å²) in [4.78, 5) is 23.0. The van der Waals surface area contributed by atoms with Gasteiger partial charge in [-0.1, -0.05) is 23.7 Å². The molecule has 0 aliphatic carbocycles. The topological polar surface area (TPSA) is 71.3 Å². The van der Waals surface area contributed by atoms with E-state index in [1.165, 1.54) is 24.4 Å². The molecular formula is C20H19ClFN2O3P. The predicted octanol–water partition coefficient (Wildman–Crippen LogP) is 4.70. The normalized spacial score (nSPS) is 14.9. The Bertz CT molecular complexity index is 1120. The van der Waals surface area contributed by atoms with Gasteiger partial charge in [0.25, 0.3) is 0 Å². The largest absolute Gasteiger partial charge is 0.350 e. The molecule has 0 bridgehead atoms. The van der Waals surface area contributed by atoms with E-state index < -0.39 is 24.8 Å². The third-order valence-electron chi connectivity index (χ3n) is 4.35. The smallest absolute Gasteiger partial charge is 0.241 e. The second kappa shape index (κ2) is 7.92. The summed E-state index contributed by atoms with van der Waals surface area (Å²) in [5.41, 5.74) is 0.496. The molecule has 2 N–H and O–H groups in total. The summed E-state index contributed by atoms with van der Waals surface area (Å²) in [6.07, 6.45) is 4.50. The molecule has 0 aliphatic heterocycles. The molecule has 3 aromatic rings. The molecule has 1 aromatic heterocycles. The van der Waals surface area contributed by atoms with Crippen molar-refractivity contribution in [3.8, 4) is 0 Å². The number of aromatic nitrogens is 1. The third-order valence-corrected chi connectivity index (χ3v) is 6.06. The Morgan fingerprint density at radius 1 is 1.32 bits per heavy atom. The summed E-state index contributed by atoms with van der Waals surface area (Å²) in [5.74, 6) is -1.03. The third kappa shape index (κ3) is 4.36. The molecular weight excluding hydrogens is 402 g/mol. The van der Waals surface area contributed by atoms with Gasteiger partial charge in [0.15, 0.2) is 0 Å². The van der Waals surface area contributed by atoms with Crippen molar-refractivity contribution in [3.63, 3.8) is 0 Å². The van der Waals surface area contributed by atoms with Crippen molar-refractivity contribution in [1.82, 2.24) is 9.88 Å². The first-order chi connectivity index (χ1) is 13.2. The number of carbonyl (C=O) groups is 1. The molecule has 2 unspecified atom stereocenters. The van der Waals surface area contributed by atoms with Crippen LogP contribution in [-0.4, -0.2) is 22.0 Å². The average molecular weight is 421 g/mol. The first-order valence-electron chi connectivity index (χ1n) is 8.44. The molecule has 5 nitrogen and oxygen atoms in total. The number of aryl methyl sites for hydroxylation is 1.